The summed E-state index contributed by atoms with van der Waals surface area (Å²) in [5.74, 6) is 5.68. The van der Waals surface area contributed by atoms with E-state index in [2.05, 4.69) is 55.4 Å². The fraction of sp³-hybridized carbons (Fsp3) is 0.353. The summed E-state index contributed by atoms with van der Waals surface area (Å²) in [5, 5.41) is 0. The van der Waals surface area contributed by atoms with E-state index in [0.29, 0.717) is 0 Å². The maximum absolute atomic E-state index is 5.68. The number of aromatic nitrogens is 1. The van der Waals surface area contributed by atoms with Gasteiger partial charge in [0, 0.05) is 12.4 Å². The Bertz CT molecular complexity index is 526. The highest BCUT2D eigenvalue weighted by Crippen LogP contribution is 2.24. The van der Waals surface area contributed by atoms with Crippen LogP contribution in [-0.4, -0.2) is 4.98 Å². The second-order valence-electron chi connectivity index (χ2n) is 6.15. The molecule has 2 rings (SSSR count). The van der Waals surface area contributed by atoms with Crippen LogP contribution in [0.25, 0.3) is 0 Å². The number of rotatable bonds is 4. The van der Waals surface area contributed by atoms with Crippen LogP contribution >= 0.6 is 0 Å². The monoisotopic (exact) mass is 269 g/mol. The van der Waals surface area contributed by atoms with Crippen LogP contribution in [-0.2, 0) is 11.8 Å². The third-order valence-corrected chi connectivity index (χ3v) is 3.57. The predicted molar refractivity (Wildman–Crippen MR) is 83.1 cm³/mol. The smallest absolute Gasteiger partial charge is 0.0501 e. The van der Waals surface area contributed by atoms with Crippen LogP contribution in [0.4, 0.5) is 0 Å². The molecule has 1 heterocycles. The number of nitrogens with zero attached hydrogens (tertiary/aromatic N) is 1. The largest absolute Gasteiger partial charge is 0.271 e. The van der Waals surface area contributed by atoms with Crippen LogP contribution < -0.4 is 11.3 Å². The van der Waals surface area contributed by atoms with Crippen molar-refractivity contribution in [1.29, 1.82) is 0 Å². The number of hydrogen-bond acceptors (Lipinski definition) is 3. The normalized spacial score (nSPS) is 13.2. The molecule has 1 atom stereocenters. The number of nitrogens with one attached hydrogen (secondary N) is 1. The van der Waals surface area contributed by atoms with Gasteiger partial charge >= 0.3 is 0 Å². The third-order valence-electron chi connectivity index (χ3n) is 3.57. The molecule has 1 unspecified atom stereocenters. The summed E-state index contributed by atoms with van der Waals surface area (Å²) in [6.45, 7) is 6.68. The molecule has 1 aromatic carbocycles. The van der Waals surface area contributed by atoms with E-state index in [1.807, 2.05) is 12.1 Å². The Hall–Kier alpha value is -1.71. The zero-order valence-corrected chi connectivity index (χ0v) is 12.4. The maximum atomic E-state index is 5.68. The minimum Gasteiger partial charge on any atom is -0.271 e. The molecule has 0 spiro atoms. The molecule has 20 heavy (non-hydrogen) atoms. The van der Waals surface area contributed by atoms with Crippen molar-refractivity contribution in [3.63, 3.8) is 0 Å². The lowest BCUT2D eigenvalue weighted by Crippen LogP contribution is -2.29. The molecule has 0 saturated carbocycles. The van der Waals surface area contributed by atoms with E-state index >= 15 is 0 Å². The van der Waals surface area contributed by atoms with E-state index in [1.54, 1.807) is 12.4 Å². The van der Waals surface area contributed by atoms with Gasteiger partial charge in [-0.2, -0.15) is 0 Å². The summed E-state index contributed by atoms with van der Waals surface area (Å²) in [4.78, 5) is 4.04. The highest BCUT2D eigenvalue weighted by Gasteiger charge is 2.14. The first-order chi connectivity index (χ1) is 9.50. The highest BCUT2D eigenvalue weighted by molar-refractivity contribution is 5.29. The average molecular weight is 269 g/mol. The molecule has 0 bridgehead atoms. The number of benzene rings is 1. The SMILES string of the molecule is CC(C)(C)c1ccc(CC(NN)c2ccncc2)cc1. The summed E-state index contributed by atoms with van der Waals surface area (Å²) < 4.78 is 0. The minimum absolute atomic E-state index is 0.110. The molecule has 3 nitrogen and oxygen atoms in total. The van der Waals surface area contributed by atoms with Crippen molar-refractivity contribution in [2.24, 2.45) is 5.84 Å². The van der Waals surface area contributed by atoms with Crippen LogP contribution in [0, 0.1) is 0 Å². The van der Waals surface area contributed by atoms with Crippen molar-refractivity contribution >= 4 is 0 Å². The fourth-order valence-corrected chi connectivity index (χ4v) is 2.25. The topological polar surface area (TPSA) is 50.9 Å². The van der Waals surface area contributed by atoms with Crippen LogP contribution in [0.2, 0.25) is 0 Å². The molecular formula is C17H23N3. The first-order valence-corrected chi connectivity index (χ1v) is 6.96. The molecule has 3 N–H and O–H groups in total. The lowest BCUT2D eigenvalue weighted by atomic mass is 9.86. The number of hydrazine groups is 1. The van der Waals surface area contributed by atoms with E-state index in [1.165, 1.54) is 11.1 Å². The summed E-state index contributed by atoms with van der Waals surface area (Å²) in [6.07, 6.45) is 4.45. The van der Waals surface area contributed by atoms with Gasteiger partial charge < -0.3 is 0 Å². The zero-order valence-electron chi connectivity index (χ0n) is 12.4. The Labute approximate surface area is 121 Å². The molecule has 0 aliphatic rings. The van der Waals surface area contributed by atoms with Crippen molar-refractivity contribution in [2.45, 2.75) is 38.6 Å². The molecule has 1 aromatic heterocycles. The first-order valence-electron chi connectivity index (χ1n) is 6.96. The quantitative estimate of drug-likeness (QED) is 0.662. The Morgan fingerprint density at radius 1 is 1.05 bits per heavy atom. The van der Waals surface area contributed by atoms with E-state index < -0.39 is 0 Å². The van der Waals surface area contributed by atoms with Crippen LogP contribution in [0.3, 0.4) is 0 Å². The van der Waals surface area contributed by atoms with Crippen LogP contribution in [0.1, 0.15) is 43.5 Å². The van der Waals surface area contributed by atoms with Gasteiger partial charge in [0.25, 0.3) is 0 Å². The van der Waals surface area contributed by atoms with E-state index in [9.17, 15) is 0 Å². The van der Waals surface area contributed by atoms with Crippen molar-refractivity contribution in [3.05, 3.63) is 65.5 Å². The standard InChI is InChI=1S/C17H23N3/c1-17(2,3)15-6-4-13(5-7-15)12-16(20-18)14-8-10-19-11-9-14/h4-11,16,20H,12,18H2,1-3H3. The van der Waals surface area contributed by atoms with Gasteiger partial charge in [-0.1, -0.05) is 45.0 Å². The fourth-order valence-electron chi connectivity index (χ4n) is 2.25. The molecule has 0 aliphatic heterocycles. The second-order valence-corrected chi connectivity index (χ2v) is 6.15. The van der Waals surface area contributed by atoms with Gasteiger partial charge in [0.15, 0.2) is 0 Å². The van der Waals surface area contributed by atoms with Gasteiger partial charge in [0.2, 0.25) is 0 Å². The van der Waals surface area contributed by atoms with E-state index in [0.717, 1.165) is 12.0 Å². The summed E-state index contributed by atoms with van der Waals surface area (Å²) in [5.41, 5.74) is 6.85. The van der Waals surface area contributed by atoms with E-state index in [4.69, 9.17) is 5.84 Å². The van der Waals surface area contributed by atoms with Crippen molar-refractivity contribution in [1.82, 2.24) is 10.4 Å². The lowest BCUT2D eigenvalue weighted by Gasteiger charge is -2.20. The minimum atomic E-state index is 0.110. The Kier molecular flexibility index (Phi) is 4.53. The summed E-state index contributed by atoms with van der Waals surface area (Å²) in [7, 11) is 0. The molecule has 0 fully saturated rings. The Balaban J connectivity index is 2.13. The van der Waals surface area contributed by atoms with Crippen LogP contribution in [0.15, 0.2) is 48.8 Å². The maximum Gasteiger partial charge on any atom is 0.0501 e. The number of nitrogens with two attached hydrogens (primary N) is 1. The molecular weight excluding hydrogens is 246 g/mol. The van der Waals surface area contributed by atoms with Crippen molar-refractivity contribution in [2.75, 3.05) is 0 Å². The molecule has 106 valence electrons. The average Bonchev–Trinajstić information content (AvgIpc) is 2.45. The molecule has 0 radical (unpaired) electrons. The predicted octanol–water partition coefficient (Wildman–Crippen LogP) is 3.13. The first kappa shape index (κ1) is 14.7. The third kappa shape index (κ3) is 3.65. The number of pyridine rings is 1. The Morgan fingerprint density at radius 2 is 1.65 bits per heavy atom. The van der Waals surface area contributed by atoms with E-state index in [-0.39, 0.29) is 11.5 Å². The molecule has 0 aliphatic carbocycles. The van der Waals surface area contributed by atoms with Gasteiger partial charge in [-0.05, 0) is 40.7 Å². The molecule has 3 heteroatoms. The number of hydrogen-bond donors (Lipinski definition) is 2. The highest BCUT2D eigenvalue weighted by atomic mass is 15.2. The van der Waals surface area contributed by atoms with Gasteiger partial charge in [-0.3, -0.25) is 16.3 Å². The van der Waals surface area contributed by atoms with Gasteiger partial charge in [0.05, 0.1) is 6.04 Å². The van der Waals surface area contributed by atoms with Crippen molar-refractivity contribution in [3.8, 4) is 0 Å². The van der Waals surface area contributed by atoms with Crippen molar-refractivity contribution < 1.29 is 0 Å². The molecule has 0 amide bonds. The second kappa shape index (κ2) is 6.16. The zero-order chi connectivity index (χ0) is 14.6. The lowest BCUT2D eigenvalue weighted by molar-refractivity contribution is 0.550. The summed E-state index contributed by atoms with van der Waals surface area (Å²) in [6, 6.07) is 12.9. The van der Waals surface area contributed by atoms with Gasteiger partial charge in [-0.15, -0.1) is 0 Å². The molecule has 0 saturated heterocycles. The van der Waals surface area contributed by atoms with Gasteiger partial charge in [0.1, 0.15) is 0 Å². The van der Waals surface area contributed by atoms with Crippen LogP contribution in [0.5, 0.6) is 0 Å². The van der Waals surface area contributed by atoms with Gasteiger partial charge in [-0.25, -0.2) is 0 Å². The Morgan fingerprint density at radius 3 is 2.15 bits per heavy atom. The molecule has 2 aromatic rings. The summed E-state index contributed by atoms with van der Waals surface area (Å²) >= 11 is 0.